The van der Waals surface area contributed by atoms with Crippen LogP contribution in [0.1, 0.15) is 27.8 Å². The average Bonchev–Trinajstić information content (AvgIpc) is 3.18. The van der Waals surface area contributed by atoms with E-state index in [9.17, 15) is 9.59 Å². The first kappa shape index (κ1) is 14.6. The second-order valence-corrected chi connectivity index (χ2v) is 6.41. The molecule has 0 spiro atoms. The van der Waals surface area contributed by atoms with Gasteiger partial charge in [-0.05, 0) is 30.5 Å². The Morgan fingerprint density at radius 1 is 1.14 bits per heavy atom. The normalized spacial score (nSPS) is 10.4. The monoisotopic (exact) mass is 328 g/mol. The van der Waals surface area contributed by atoms with Gasteiger partial charge in [-0.1, -0.05) is 18.2 Å². The van der Waals surface area contributed by atoms with E-state index in [0.29, 0.717) is 16.9 Å². The van der Waals surface area contributed by atoms with Crippen molar-refractivity contribution < 1.29 is 9.59 Å². The zero-order valence-corrected chi connectivity index (χ0v) is 13.3. The highest BCUT2D eigenvalue weighted by Gasteiger charge is 2.13. The predicted octanol–water partition coefficient (Wildman–Crippen LogP) is 4.33. The standard InChI is InChI=1S/C16H12N2O2S2/c1-10(19)11-4-2-5-12(8-11)17-15(20)13-9-22-16(18-13)14-6-3-7-21-14/h2-9H,1H3,(H,17,20). The number of nitrogens with one attached hydrogen (secondary N) is 1. The summed E-state index contributed by atoms with van der Waals surface area (Å²) < 4.78 is 0. The summed E-state index contributed by atoms with van der Waals surface area (Å²) in [5.41, 5.74) is 1.53. The molecule has 0 saturated heterocycles. The van der Waals surface area contributed by atoms with Crippen LogP contribution in [0.3, 0.4) is 0 Å². The van der Waals surface area contributed by atoms with Crippen LogP contribution in [0.15, 0.2) is 47.2 Å². The van der Waals surface area contributed by atoms with Gasteiger partial charge in [0.2, 0.25) is 0 Å². The Kier molecular flexibility index (Phi) is 4.13. The largest absolute Gasteiger partial charge is 0.321 e. The van der Waals surface area contributed by atoms with Gasteiger partial charge in [0, 0.05) is 16.6 Å². The molecule has 4 nitrogen and oxygen atoms in total. The van der Waals surface area contributed by atoms with Crippen LogP contribution in [0.2, 0.25) is 0 Å². The molecule has 1 N–H and O–H groups in total. The molecule has 0 aliphatic carbocycles. The van der Waals surface area contributed by atoms with Crippen LogP contribution in [-0.2, 0) is 0 Å². The summed E-state index contributed by atoms with van der Waals surface area (Å²) in [6.07, 6.45) is 0. The molecule has 6 heteroatoms. The Morgan fingerprint density at radius 3 is 2.73 bits per heavy atom. The molecule has 0 bridgehead atoms. The van der Waals surface area contributed by atoms with E-state index < -0.39 is 0 Å². The maximum Gasteiger partial charge on any atom is 0.275 e. The van der Waals surface area contributed by atoms with Gasteiger partial charge in [-0.2, -0.15) is 0 Å². The highest BCUT2D eigenvalue weighted by molar-refractivity contribution is 7.20. The Labute approximate surface area is 135 Å². The topological polar surface area (TPSA) is 59.1 Å². The lowest BCUT2D eigenvalue weighted by molar-refractivity contribution is 0.100. The zero-order valence-electron chi connectivity index (χ0n) is 11.7. The van der Waals surface area contributed by atoms with E-state index in [1.807, 2.05) is 17.5 Å². The number of rotatable bonds is 4. The molecule has 0 unspecified atom stereocenters. The second kappa shape index (κ2) is 6.21. The van der Waals surface area contributed by atoms with Gasteiger partial charge in [-0.25, -0.2) is 4.98 Å². The number of ketones is 1. The summed E-state index contributed by atoms with van der Waals surface area (Å²) in [5, 5.41) is 7.31. The van der Waals surface area contributed by atoms with E-state index in [4.69, 9.17) is 0 Å². The summed E-state index contributed by atoms with van der Waals surface area (Å²) >= 11 is 3.03. The van der Waals surface area contributed by atoms with Gasteiger partial charge in [0.25, 0.3) is 5.91 Å². The fourth-order valence-corrected chi connectivity index (χ4v) is 3.52. The van der Waals surface area contributed by atoms with E-state index in [1.54, 1.807) is 41.0 Å². The highest BCUT2D eigenvalue weighted by Crippen LogP contribution is 2.28. The van der Waals surface area contributed by atoms with E-state index in [-0.39, 0.29) is 11.7 Å². The van der Waals surface area contributed by atoms with Crippen LogP contribution in [0.5, 0.6) is 0 Å². The van der Waals surface area contributed by atoms with Crippen molar-refractivity contribution in [2.75, 3.05) is 5.32 Å². The molecule has 110 valence electrons. The third-order valence-corrected chi connectivity index (χ3v) is 4.88. The number of benzene rings is 1. The maximum atomic E-state index is 12.2. The van der Waals surface area contributed by atoms with Crippen LogP contribution >= 0.6 is 22.7 Å². The highest BCUT2D eigenvalue weighted by atomic mass is 32.1. The van der Waals surface area contributed by atoms with E-state index in [0.717, 1.165) is 9.88 Å². The molecule has 22 heavy (non-hydrogen) atoms. The Balaban J connectivity index is 1.77. The molecule has 0 aliphatic heterocycles. The van der Waals surface area contributed by atoms with E-state index >= 15 is 0 Å². The number of Topliss-reactive ketones (excluding diaryl/α,β-unsaturated/α-hetero) is 1. The second-order valence-electron chi connectivity index (χ2n) is 4.61. The zero-order chi connectivity index (χ0) is 15.5. The van der Waals surface area contributed by atoms with E-state index in [1.165, 1.54) is 18.3 Å². The van der Waals surface area contributed by atoms with Gasteiger partial charge in [0.15, 0.2) is 5.78 Å². The summed E-state index contributed by atoms with van der Waals surface area (Å²) in [5.74, 6) is -0.315. The number of anilines is 1. The number of hydrogen-bond acceptors (Lipinski definition) is 5. The Hall–Kier alpha value is -2.31. The molecule has 0 atom stereocenters. The number of aromatic nitrogens is 1. The number of carbonyl (C=O) groups is 2. The average molecular weight is 328 g/mol. The molecule has 0 fully saturated rings. The maximum absolute atomic E-state index is 12.2. The van der Waals surface area contributed by atoms with Crippen molar-refractivity contribution in [3.05, 3.63) is 58.4 Å². The minimum Gasteiger partial charge on any atom is -0.321 e. The van der Waals surface area contributed by atoms with Crippen molar-refractivity contribution in [3.8, 4) is 9.88 Å². The summed E-state index contributed by atoms with van der Waals surface area (Å²) in [7, 11) is 0. The molecule has 1 amide bonds. The number of amides is 1. The Bertz CT molecular complexity index is 822. The van der Waals surface area contributed by atoms with Crippen molar-refractivity contribution in [1.82, 2.24) is 4.98 Å². The molecule has 0 saturated carbocycles. The predicted molar refractivity (Wildman–Crippen MR) is 89.8 cm³/mol. The summed E-state index contributed by atoms with van der Waals surface area (Å²) in [6, 6.07) is 10.8. The molecular weight excluding hydrogens is 316 g/mol. The number of nitrogens with zero attached hydrogens (tertiary/aromatic N) is 1. The van der Waals surface area contributed by atoms with Gasteiger partial charge in [-0.3, -0.25) is 9.59 Å². The van der Waals surface area contributed by atoms with Crippen molar-refractivity contribution in [1.29, 1.82) is 0 Å². The lowest BCUT2D eigenvalue weighted by atomic mass is 10.1. The number of thiazole rings is 1. The minimum absolute atomic E-state index is 0.0373. The van der Waals surface area contributed by atoms with Crippen LogP contribution in [0.25, 0.3) is 9.88 Å². The quantitative estimate of drug-likeness (QED) is 0.725. The fourth-order valence-electron chi connectivity index (χ4n) is 1.90. The summed E-state index contributed by atoms with van der Waals surface area (Å²) in [6.45, 7) is 1.49. The third-order valence-electron chi connectivity index (χ3n) is 3.00. The van der Waals surface area contributed by atoms with Crippen molar-refractivity contribution in [2.24, 2.45) is 0 Å². The number of carbonyl (C=O) groups excluding carboxylic acids is 2. The fraction of sp³-hybridized carbons (Fsp3) is 0.0625. The SMILES string of the molecule is CC(=O)c1cccc(NC(=O)c2csc(-c3cccs3)n2)c1. The molecule has 0 radical (unpaired) electrons. The number of thiophene rings is 1. The van der Waals surface area contributed by atoms with Gasteiger partial charge in [0.05, 0.1) is 4.88 Å². The molecule has 2 aromatic heterocycles. The van der Waals surface area contributed by atoms with Crippen molar-refractivity contribution in [2.45, 2.75) is 6.92 Å². The molecule has 3 rings (SSSR count). The van der Waals surface area contributed by atoms with Gasteiger partial charge < -0.3 is 5.32 Å². The van der Waals surface area contributed by atoms with Crippen molar-refractivity contribution >= 4 is 40.1 Å². The lowest BCUT2D eigenvalue weighted by Gasteiger charge is -2.04. The first-order valence-corrected chi connectivity index (χ1v) is 8.31. The third kappa shape index (κ3) is 3.13. The van der Waals surface area contributed by atoms with E-state index in [2.05, 4.69) is 10.3 Å². The molecular formula is C16H12N2O2S2. The van der Waals surface area contributed by atoms with Crippen LogP contribution in [0.4, 0.5) is 5.69 Å². The Morgan fingerprint density at radius 2 is 2.00 bits per heavy atom. The van der Waals surface area contributed by atoms with Gasteiger partial charge in [0.1, 0.15) is 10.7 Å². The molecule has 2 heterocycles. The van der Waals surface area contributed by atoms with Crippen LogP contribution in [0, 0.1) is 0 Å². The molecule has 3 aromatic rings. The van der Waals surface area contributed by atoms with Gasteiger partial charge in [-0.15, -0.1) is 22.7 Å². The first-order chi connectivity index (χ1) is 10.6. The lowest BCUT2D eigenvalue weighted by Crippen LogP contribution is -2.12. The molecule has 0 aliphatic rings. The summed E-state index contributed by atoms with van der Waals surface area (Å²) in [4.78, 5) is 29.0. The molecule has 1 aromatic carbocycles. The van der Waals surface area contributed by atoms with Crippen LogP contribution < -0.4 is 5.32 Å². The van der Waals surface area contributed by atoms with Crippen molar-refractivity contribution in [3.63, 3.8) is 0 Å². The number of hydrogen-bond donors (Lipinski definition) is 1. The van der Waals surface area contributed by atoms with Crippen LogP contribution in [-0.4, -0.2) is 16.7 Å². The smallest absolute Gasteiger partial charge is 0.275 e. The minimum atomic E-state index is -0.278. The first-order valence-electron chi connectivity index (χ1n) is 6.55. The van der Waals surface area contributed by atoms with Gasteiger partial charge >= 0.3 is 0 Å².